The molecule has 3 aromatic rings. The molecule has 0 unspecified atom stereocenters. The van der Waals surface area contributed by atoms with Crippen LogP contribution in [-0.2, 0) is 6.42 Å². The van der Waals surface area contributed by atoms with Crippen molar-refractivity contribution in [3.8, 4) is 5.69 Å². The number of rotatable bonds is 6. The number of halogens is 1. The van der Waals surface area contributed by atoms with Gasteiger partial charge in [0.1, 0.15) is 0 Å². The van der Waals surface area contributed by atoms with E-state index in [0.717, 1.165) is 12.8 Å². The van der Waals surface area contributed by atoms with Crippen LogP contribution in [0.5, 0.6) is 0 Å². The molecule has 0 aliphatic carbocycles. The van der Waals surface area contributed by atoms with E-state index in [1.54, 1.807) is 12.3 Å². The fourth-order valence-corrected chi connectivity index (χ4v) is 2.74. The molecule has 0 spiro atoms. The summed E-state index contributed by atoms with van der Waals surface area (Å²) in [6.45, 7) is 1.99. The molecule has 1 atom stereocenters. The standard InChI is InChI=1S/C19H19ClN4O/c1-14(11-12-15-7-3-2-4-8-15)21-19(25)17-13-24(23-22-17)18-10-6-5-9-16(18)20/h2-10,13-14H,11-12H2,1H3,(H,21,25)/t14-/m1/s1. The molecule has 1 amide bonds. The summed E-state index contributed by atoms with van der Waals surface area (Å²) >= 11 is 6.14. The number of nitrogens with zero attached hydrogens (tertiary/aromatic N) is 3. The Labute approximate surface area is 151 Å². The summed E-state index contributed by atoms with van der Waals surface area (Å²) in [7, 11) is 0. The van der Waals surface area contributed by atoms with Crippen LogP contribution in [0.1, 0.15) is 29.4 Å². The van der Waals surface area contributed by atoms with Crippen molar-refractivity contribution in [2.24, 2.45) is 0 Å². The molecule has 0 fully saturated rings. The van der Waals surface area contributed by atoms with Crippen LogP contribution in [-0.4, -0.2) is 26.9 Å². The van der Waals surface area contributed by atoms with Gasteiger partial charge in [0.25, 0.3) is 5.91 Å². The SMILES string of the molecule is C[C@H](CCc1ccccc1)NC(=O)c1cn(-c2ccccc2Cl)nn1. The van der Waals surface area contributed by atoms with Gasteiger partial charge in [0, 0.05) is 6.04 Å². The van der Waals surface area contributed by atoms with E-state index in [1.807, 2.05) is 43.3 Å². The number of para-hydroxylation sites is 1. The molecule has 0 aliphatic heterocycles. The minimum Gasteiger partial charge on any atom is -0.348 e. The van der Waals surface area contributed by atoms with Gasteiger partial charge in [-0.15, -0.1) is 5.10 Å². The molecule has 1 heterocycles. The molecule has 1 N–H and O–H groups in total. The highest BCUT2D eigenvalue weighted by atomic mass is 35.5. The van der Waals surface area contributed by atoms with Crippen molar-refractivity contribution >= 4 is 17.5 Å². The first-order chi connectivity index (χ1) is 12.1. The van der Waals surface area contributed by atoms with Crippen LogP contribution in [0.3, 0.4) is 0 Å². The van der Waals surface area contributed by atoms with Gasteiger partial charge in [-0.1, -0.05) is 59.3 Å². The average Bonchev–Trinajstić information content (AvgIpc) is 3.11. The van der Waals surface area contributed by atoms with Crippen molar-refractivity contribution in [1.82, 2.24) is 20.3 Å². The minimum atomic E-state index is -0.237. The van der Waals surface area contributed by atoms with Crippen molar-refractivity contribution in [2.45, 2.75) is 25.8 Å². The lowest BCUT2D eigenvalue weighted by Crippen LogP contribution is -2.33. The van der Waals surface area contributed by atoms with Crippen LogP contribution in [0.4, 0.5) is 0 Å². The number of aryl methyl sites for hydroxylation is 1. The van der Waals surface area contributed by atoms with Gasteiger partial charge in [-0.3, -0.25) is 4.79 Å². The van der Waals surface area contributed by atoms with Gasteiger partial charge >= 0.3 is 0 Å². The third-order valence-corrected chi connectivity index (χ3v) is 4.23. The first kappa shape index (κ1) is 17.2. The van der Waals surface area contributed by atoms with Gasteiger partial charge in [0.2, 0.25) is 0 Å². The zero-order valence-electron chi connectivity index (χ0n) is 13.9. The Morgan fingerprint density at radius 1 is 1.16 bits per heavy atom. The Bertz CT molecular complexity index is 847. The Morgan fingerprint density at radius 3 is 2.64 bits per heavy atom. The predicted molar refractivity (Wildman–Crippen MR) is 98.1 cm³/mol. The molecule has 0 saturated heterocycles. The van der Waals surface area contributed by atoms with Crippen LogP contribution < -0.4 is 5.32 Å². The van der Waals surface area contributed by atoms with Gasteiger partial charge in [0.15, 0.2) is 5.69 Å². The molecule has 0 bridgehead atoms. The molecule has 25 heavy (non-hydrogen) atoms. The smallest absolute Gasteiger partial charge is 0.273 e. The van der Waals surface area contributed by atoms with Crippen LogP contribution in [0.15, 0.2) is 60.8 Å². The second-order valence-corrected chi connectivity index (χ2v) is 6.31. The van der Waals surface area contributed by atoms with Crippen LogP contribution in [0.25, 0.3) is 5.69 Å². The normalized spacial score (nSPS) is 11.9. The van der Waals surface area contributed by atoms with E-state index in [1.165, 1.54) is 10.2 Å². The van der Waals surface area contributed by atoms with E-state index >= 15 is 0 Å². The molecule has 5 nitrogen and oxygen atoms in total. The Morgan fingerprint density at radius 2 is 1.88 bits per heavy atom. The molecular weight excluding hydrogens is 336 g/mol. The first-order valence-corrected chi connectivity index (χ1v) is 8.53. The summed E-state index contributed by atoms with van der Waals surface area (Å²) in [5, 5.41) is 11.4. The second-order valence-electron chi connectivity index (χ2n) is 5.90. The summed E-state index contributed by atoms with van der Waals surface area (Å²) in [6, 6.07) is 17.5. The van der Waals surface area contributed by atoms with Crippen molar-refractivity contribution < 1.29 is 4.79 Å². The minimum absolute atomic E-state index is 0.0400. The maximum atomic E-state index is 12.3. The zero-order valence-corrected chi connectivity index (χ0v) is 14.6. The number of aromatic nitrogens is 3. The molecule has 0 aliphatic rings. The van der Waals surface area contributed by atoms with Gasteiger partial charge in [0.05, 0.1) is 16.9 Å². The van der Waals surface area contributed by atoms with Crippen molar-refractivity contribution in [1.29, 1.82) is 0 Å². The number of amides is 1. The van der Waals surface area contributed by atoms with E-state index < -0.39 is 0 Å². The van der Waals surface area contributed by atoms with Crippen LogP contribution in [0, 0.1) is 0 Å². The number of hydrogen-bond donors (Lipinski definition) is 1. The van der Waals surface area contributed by atoms with E-state index in [2.05, 4.69) is 27.8 Å². The van der Waals surface area contributed by atoms with Gasteiger partial charge in [-0.25, -0.2) is 4.68 Å². The van der Waals surface area contributed by atoms with Crippen molar-refractivity contribution in [3.63, 3.8) is 0 Å². The lowest BCUT2D eigenvalue weighted by Gasteiger charge is -2.12. The molecule has 1 aromatic heterocycles. The Hall–Kier alpha value is -2.66. The highest BCUT2D eigenvalue weighted by Crippen LogP contribution is 2.18. The maximum absolute atomic E-state index is 12.3. The molecular formula is C19H19ClN4O. The first-order valence-electron chi connectivity index (χ1n) is 8.15. The zero-order chi connectivity index (χ0) is 17.6. The summed E-state index contributed by atoms with van der Waals surface area (Å²) in [4.78, 5) is 12.3. The Kier molecular flexibility index (Phi) is 5.46. The second kappa shape index (κ2) is 7.94. The van der Waals surface area contributed by atoms with Gasteiger partial charge in [-0.05, 0) is 37.5 Å². The third kappa shape index (κ3) is 4.45. The maximum Gasteiger partial charge on any atom is 0.273 e. The van der Waals surface area contributed by atoms with Crippen molar-refractivity contribution in [3.05, 3.63) is 77.1 Å². The number of carbonyl (C=O) groups excluding carboxylic acids is 1. The van der Waals surface area contributed by atoms with Gasteiger partial charge < -0.3 is 5.32 Å². The number of nitrogens with one attached hydrogen (secondary N) is 1. The molecule has 128 valence electrons. The third-order valence-electron chi connectivity index (χ3n) is 3.91. The Balaban J connectivity index is 1.59. The lowest BCUT2D eigenvalue weighted by atomic mass is 10.1. The monoisotopic (exact) mass is 354 g/mol. The largest absolute Gasteiger partial charge is 0.348 e. The lowest BCUT2D eigenvalue weighted by molar-refractivity contribution is 0.0933. The highest BCUT2D eigenvalue weighted by Gasteiger charge is 2.15. The highest BCUT2D eigenvalue weighted by molar-refractivity contribution is 6.32. The quantitative estimate of drug-likeness (QED) is 0.734. The van der Waals surface area contributed by atoms with E-state index in [0.29, 0.717) is 10.7 Å². The molecule has 0 saturated carbocycles. The van der Waals surface area contributed by atoms with E-state index in [-0.39, 0.29) is 17.6 Å². The summed E-state index contributed by atoms with van der Waals surface area (Å²) < 4.78 is 1.51. The molecule has 6 heteroatoms. The van der Waals surface area contributed by atoms with E-state index in [9.17, 15) is 4.79 Å². The number of hydrogen-bond acceptors (Lipinski definition) is 3. The molecule has 2 aromatic carbocycles. The van der Waals surface area contributed by atoms with E-state index in [4.69, 9.17) is 11.6 Å². The fraction of sp³-hybridized carbons (Fsp3) is 0.211. The van der Waals surface area contributed by atoms with Crippen molar-refractivity contribution in [2.75, 3.05) is 0 Å². The summed E-state index contributed by atoms with van der Waals surface area (Å²) in [6.07, 6.45) is 3.35. The number of carbonyl (C=O) groups is 1. The van der Waals surface area contributed by atoms with Gasteiger partial charge in [-0.2, -0.15) is 0 Å². The fourth-order valence-electron chi connectivity index (χ4n) is 2.52. The van der Waals surface area contributed by atoms with Crippen LogP contribution in [0.2, 0.25) is 5.02 Å². The molecule has 0 radical (unpaired) electrons. The topological polar surface area (TPSA) is 59.8 Å². The summed E-state index contributed by atoms with van der Waals surface area (Å²) in [5.74, 6) is -0.237. The summed E-state index contributed by atoms with van der Waals surface area (Å²) in [5.41, 5.74) is 2.22. The molecule has 3 rings (SSSR count). The van der Waals surface area contributed by atoms with Crippen LogP contribution >= 0.6 is 11.6 Å². The predicted octanol–water partition coefficient (Wildman–Crippen LogP) is 3.67. The average molecular weight is 355 g/mol. The number of benzene rings is 2.